The van der Waals surface area contributed by atoms with Crippen molar-refractivity contribution in [2.45, 2.75) is 4.90 Å². The molecule has 0 spiro atoms. The highest BCUT2D eigenvalue weighted by Gasteiger charge is 2.25. The molecule has 0 amide bonds. The number of rotatable bonds is 4. The normalized spacial score (nSPS) is 11.8. The zero-order valence-electron chi connectivity index (χ0n) is 14.3. The largest absolute Gasteiger partial charge is 0.351 e. The van der Waals surface area contributed by atoms with Gasteiger partial charge in [-0.2, -0.15) is 0 Å². The Morgan fingerprint density at radius 3 is 2.56 bits per heavy atom. The maximum absolute atomic E-state index is 14.3. The number of carbonyl (C=O) groups excluding carboxylic acids is 1. The van der Waals surface area contributed by atoms with E-state index in [0.717, 1.165) is 9.49 Å². The molecule has 0 N–H and O–H groups in total. The van der Waals surface area contributed by atoms with Crippen LogP contribution in [0.5, 0.6) is 0 Å². The molecule has 0 bridgehead atoms. The van der Waals surface area contributed by atoms with Crippen molar-refractivity contribution in [2.24, 2.45) is 7.05 Å². The van der Waals surface area contributed by atoms with E-state index >= 15 is 0 Å². The lowest BCUT2D eigenvalue weighted by molar-refractivity contribution is 0.112. The quantitative estimate of drug-likeness (QED) is 0.504. The van der Waals surface area contributed by atoms with E-state index in [1.165, 1.54) is 36.5 Å². The first-order valence-corrected chi connectivity index (χ1v) is 9.59. The number of fused-ring (bicyclic) bond motifs is 1. The summed E-state index contributed by atoms with van der Waals surface area (Å²) in [5, 5.41) is 0.556. The third-order valence-corrected chi connectivity index (χ3v) is 6.25. The van der Waals surface area contributed by atoms with Crippen molar-refractivity contribution in [3.63, 3.8) is 0 Å². The van der Waals surface area contributed by atoms with Gasteiger partial charge in [-0.05, 0) is 36.4 Å². The summed E-state index contributed by atoms with van der Waals surface area (Å²) in [5.74, 6) is -0.567. The number of aromatic nitrogens is 2. The summed E-state index contributed by atoms with van der Waals surface area (Å²) in [6, 6.07) is 13.9. The van der Waals surface area contributed by atoms with E-state index < -0.39 is 15.8 Å². The summed E-state index contributed by atoms with van der Waals surface area (Å²) in [5.41, 5.74) is 1.11. The lowest BCUT2D eigenvalue weighted by Gasteiger charge is -2.12. The molecule has 136 valence electrons. The van der Waals surface area contributed by atoms with Crippen LogP contribution < -0.4 is 0 Å². The number of benzene rings is 2. The minimum absolute atomic E-state index is 0.0891. The van der Waals surface area contributed by atoms with Gasteiger partial charge in [0.25, 0.3) is 10.0 Å². The van der Waals surface area contributed by atoms with Crippen LogP contribution in [0.25, 0.3) is 22.2 Å². The third kappa shape index (κ3) is 2.67. The summed E-state index contributed by atoms with van der Waals surface area (Å²) in [4.78, 5) is 11.4. The van der Waals surface area contributed by atoms with Crippen LogP contribution in [0.4, 0.5) is 4.39 Å². The molecule has 0 saturated heterocycles. The Morgan fingerprint density at radius 2 is 1.81 bits per heavy atom. The topological polar surface area (TPSA) is 61.1 Å². The second-order valence-corrected chi connectivity index (χ2v) is 7.96. The van der Waals surface area contributed by atoms with Crippen LogP contribution in [0.15, 0.2) is 71.9 Å². The Hall–Kier alpha value is -3.19. The Bertz CT molecular complexity index is 1290. The van der Waals surface area contributed by atoms with Crippen molar-refractivity contribution >= 4 is 27.2 Å². The first-order valence-electron chi connectivity index (χ1n) is 8.15. The molecular weight excluding hydrogens is 367 g/mol. The Morgan fingerprint density at radius 1 is 1.04 bits per heavy atom. The molecule has 5 nitrogen and oxygen atoms in total. The average molecular weight is 382 g/mol. The fourth-order valence-corrected chi connectivity index (χ4v) is 4.78. The van der Waals surface area contributed by atoms with Gasteiger partial charge in [0.2, 0.25) is 0 Å². The molecule has 4 rings (SSSR count). The van der Waals surface area contributed by atoms with Crippen LogP contribution in [0.3, 0.4) is 0 Å². The van der Waals surface area contributed by atoms with Gasteiger partial charge in [-0.25, -0.2) is 16.8 Å². The number of aryl methyl sites for hydroxylation is 1. The lowest BCUT2D eigenvalue weighted by Crippen LogP contribution is -2.14. The first-order chi connectivity index (χ1) is 12.9. The molecule has 2 aromatic carbocycles. The fraction of sp³-hybridized carbons (Fsp3) is 0.0500. The number of hydrogen-bond acceptors (Lipinski definition) is 3. The molecule has 27 heavy (non-hydrogen) atoms. The molecule has 0 radical (unpaired) electrons. The number of carbonyl (C=O) groups is 1. The van der Waals surface area contributed by atoms with Crippen molar-refractivity contribution in [2.75, 3.05) is 0 Å². The van der Waals surface area contributed by atoms with Gasteiger partial charge in [0, 0.05) is 41.5 Å². The lowest BCUT2D eigenvalue weighted by atomic mass is 10.1. The smallest absolute Gasteiger partial charge is 0.268 e. The van der Waals surface area contributed by atoms with E-state index in [0.29, 0.717) is 11.7 Å². The minimum Gasteiger partial charge on any atom is -0.351 e. The zero-order valence-corrected chi connectivity index (χ0v) is 15.2. The zero-order chi connectivity index (χ0) is 19.2. The van der Waals surface area contributed by atoms with E-state index in [-0.39, 0.29) is 21.7 Å². The second-order valence-electron chi connectivity index (χ2n) is 6.17. The molecule has 2 aromatic heterocycles. The summed E-state index contributed by atoms with van der Waals surface area (Å²) in [6.45, 7) is 0. The highest BCUT2D eigenvalue weighted by molar-refractivity contribution is 7.90. The molecule has 4 aromatic rings. The number of nitrogens with zero attached hydrogens (tertiary/aromatic N) is 2. The molecule has 0 atom stereocenters. The van der Waals surface area contributed by atoms with Gasteiger partial charge in [0.1, 0.15) is 5.82 Å². The van der Waals surface area contributed by atoms with Crippen LogP contribution >= 0.6 is 0 Å². The van der Waals surface area contributed by atoms with E-state index in [1.807, 2.05) is 17.7 Å². The van der Waals surface area contributed by atoms with Gasteiger partial charge in [0.15, 0.2) is 6.29 Å². The summed E-state index contributed by atoms with van der Waals surface area (Å²) >= 11 is 0. The summed E-state index contributed by atoms with van der Waals surface area (Å²) < 4.78 is 43.9. The van der Waals surface area contributed by atoms with E-state index in [4.69, 9.17) is 0 Å². The van der Waals surface area contributed by atoms with Crippen LogP contribution in [-0.4, -0.2) is 23.2 Å². The average Bonchev–Trinajstić information content (AvgIpc) is 3.26. The Labute approximate surface area is 155 Å². The summed E-state index contributed by atoms with van der Waals surface area (Å²) in [7, 11) is -2.24. The molecule has 0 unspecified atom stereocenters. The maximum atomic E-state index is 14.3. The van der Waals surface area contributed by atoms with Gasteiger partial charge in [0.05, 0.1) is 10.6 Å². The molecule has 0 fully saturated rings. The van der Waals surface area contributed by atoms with E-state index in [1.54, 1.807) is 24.4 Å². The Kier molecular flexibility index (Phi) is 3.96. The predicted molar refractivity (Wildman–Crippen MR) is 101 cm³/mol. The maximum Gasteiger partial charge on any atom is 0.268 e. The van der Waals surface area contributed by atoms with E-state index in [2.05, 4.69) is 0 Å². The highest BCUT2D eigenvalue weighted by Crippen LogP contribution is 2.31. The van der Waals surface area contributed by atoms with Crippen molar-refractivity contribution < 1.29 is 17.6 Å². The van der Waals surface area contributed by atoms with Crippen molar-refractivity contribution in [3.05, 3.63) is 78.4 Å². The number of halogens is 1. The van der Waals surface area contributed by atoms with Gasteiger partial charge < -0.3 is 4.57 Å². The van der Waals surface area contributed by atoms with Gasteiger partial charge >= 0.3 is 0 Å². The van der Waals surface area contributed by atoms with Crippen LogP contribution in [0, 0.1) is 5.82 Å². The van der Waals surface area contributed by atoms with Crippen LogP contribution in [-0.2, 0) is 17.1 Å². The molecule has 2 heterocycles. The van der Waals surface area contributed by atoms with Crippen molar-refractivity contribution in [3.8, 4) is 11.3 Å². The first kappa shape index (κ1) is 17.2. The minimum atomic E-state index is -4.06. The molecular formula is C20H15FN2O3S. The Balaban J connectivity index is 2.01. The number of hydrogen-bond donors (Lipinski definition) is 0. The summed E-state index contributed by atoms with van der Waals surface area (Å²) in [6.07, 6.45) is 3.53. The molecule has 7 heteroatoms. The molecule has 0 aliphatic heterocycles. The SMILES string of the molecule is Cn1ccc2c(S(=O)(=O)n3cc(C=O)cc3-c3ccccc3F)cccc21. The highest BCUT2D eigenvalue weighted by atomic mass is 32.2. The van der Waals surface area contributed by atoms with Crippen molar-refractivity contribution in [1.29, 1.82) is 0 Å². The number of aldehydes is 1. The molecule has 0 aliphatic carbocycles. The fourth-order valence-electron chi connectivity index (χ4n) is 3.20. The second kappa shape index (κ2) is 6.21. The molecule has 0 aliphatic rings. The predicted octanol–water partition coefficient (Wildman–Crippen LogP) is 3.84. The van der Waals surface area contributed by atoms with Crippen LogP contribution in [0.1, 0.15) is 10.4 Å². The standard InChI is InChI=1S/C20H15FN2O3S/c1-22-10-9-16-18(22)7-4-8-20(16)27(25,26)23-12-14(13-24)11-19(23)15-5-2-3-6-17(15)21/h2-13H,1H3. The van der Waals surface area contributed by atoms with Gasteiger partial charge in [-0.1, -0.05) is 18.2 Å². The van der Waals surface area contributed by atoms with Crippen molar-refractivity contribution in [1.82, 2.24) is 8.54 Å². The van der Waals surface area contributed by atoms with Gasteiger partial charge in [-0.15, -0.1) is 0 Å². The molecule has 0 saturated carbocycles. The third-order valence-electron chi connectivity index (χ3n) is 4.52. The van der Waals surface area contributed by atoms with Gasteiger partial charge in [-0.3, -0.25) is 4.79 Å². The monoisotopic (exact) mass is 382 g/mol. The van der Waals surface area contributed by atoms with Crippen LogP contribution in [0.2, 0.25) is 0 Å². The van der Waals surface area contributed by atoms with E-state index in [9.17, 15) is 17.6 Å².